The van der Waals surface area contributed by atoms with Gasteiger partial charge in [0.2, 0.25) is 0 Å². The second kappa shape index (κ2) is 7.14. The third-order valence-electron chi connectivity index (χ3n) is 3.55. The lowest BCUT2D eigenvalue weighted by Gasteiger charge is -2.26. The number of ether oxygens (including phenoxy) is 2. The Labute approximate surface area is 119 Å². The molecule has 110 valence electrons. The van der Waals surface area contributed by atoms with Crippen LogP contribution in [0.1, 0.15) is 25.7 Å². The summed E-state index contributed by atoms with van der Waals surface area (Å²) in [6.07, 6.45) is 3.85. The Morgan fingerprint density at radius 1 is 1.30 bits per heavy atom. The average molecular weight is 278 g/mol. The van der Waals surface area contributed by atoms with Gasteiger partial charge in [-0.1, -0.05) is 6.07 Å². The van der Waals surface area contributed by atoms with E-state index >= 15 is 0 Å². The molecule has 0 aliphatic heterocycles. The van der Waals surface area contributed by atoms with E-state index in [0.717, 1.165) is 25.7 Å². The van der Waals surface area contributed by atoms with Crippen molar-refractivity contribution >= 4 is 5.91 Å². The van der Waals surface area contributed by atoms with Gasteiger partial charge in [-0.25, -0.2) is 0 Å². The van der Waals surface area contributed by atoms with Crippen LogP contribution in [0.5, 0.6) is 11.5 Å². The number of hydrogen-bond acceptors (Lipinski definition) is 4. The van der Waals surface area contributed by atoms with Gasteiger partial charge in [-0.05, 0) is 37.8 Å². The molecule has 20 heavy (non-hydrogen) atoms. The van der Waals surface area contributed by atoms with Crippen molar-refractivity contribution in [3.63, 3.8) is 0 Å². The molecule has 5 heteroatoms. The van der Waals surface area contributed by atoms with Gasteiger partial charge in [-0.15, -0.1) is 0 Å². The number of methoxy groups -OCH3 is 1. The Balaban J connectivity index is 1.74. The quantitative estimate of drug-likeness (QED) is 0.855. The third kappa shape index (κ3) is 4.42. The normalized spacial score (nSPS) is 22.1. The van der Waals surface area contributed by atoms with Crippen molar-refractivity contribution in [2.75, 3.05) is 13.7 Å². The largest absolute Gasteiger partial charge is 0.497 e. The van der Waals surface area contributed by atoms with Gasteiger partial charge in [-0.3, -0.25) is 4.79 Å². The van der Waals surface area contributed by atoms with Crippen LogP contribution in [0.25, 0.3) is 0 Å². The fraction of sp³-hybridized carbons (Fsp3) is 0.533. The van der Waals surface area contributed by atoms with Crippen molar-refractivity contribution < 1.29 is 14.3 Å². The Bertz CT molecular complexity index is 442. The lowest BCUT2D eigenvalue weighted by molar-refractivity contribution is -0.124. The maximum Gasteiger partial charge on any atom is 0.258 e. The minimum absolute atomic E-state index is 0.0235. The first kappa shape index (κ1) is 14.7. The van der Waals surface area contributed by atoms with Crippen molar-refractivity contribution in [3.8, 4) is 11.5 Å². The summed E-state index contributed by atoms with van der Waals surface area (Å²) in [5, 5.41) is 2.99. The lowest BCUT2D eigenvalue weighted by Crippen LogP contribution is -2.42. The van der Waals surface area contributed by atoms with Crippen LogP contribution in [0.3, 0.4) is 0 Å². The zero-order valence-electron chi connectivity index (χ0n) is 11.8. The van der Waals surface area contributed by atoms with E-state index in [1.54, 1.807) is 19.2 Å². The van der Waals surface area contributed by atoms with E-state index in [4.69, 9.17) is 15.2 Å². The highest BCUT2D eigenvalue weighted by molar-refractivity contribution is 5.77. The molecule has 1 aromatic rings. The maximum absolute atomic E-state index is 11.8. The fourth-order valence-corrected chi connectivity index (χ4v) is 2.37. The number of carbonyl (C=O) groups excluding carboxylic acids is 1. The van der Waals surface area contributed by atoms with Gasteiger partial charge < -0.3 is 20.5 Å². The molecule has 0 radical (unpaired) electrons. The van der Waals surface area contributed by atoms with Crippen LogP contribution in [0.15, 0.2) is 24.3 Å². The van der Waals surface area contributed by atoms with E-state index < -0.39 is 0 Å². The first-order chi connectivity index (χ1) is 9.67. The Hall–Kier alpha value is -1.75. The molecule has 5 nitrogen and oxygen atoms in total. The molecule has 0 spiro atoms. The number of hydrogen-bond donors (Lipinski definition) is 2. The van der Waals surface area contributed by atoms with Gasteiger partial charge in [0, 0.05) is 18.2 Å². The van der Waals surface area contributed by atoms with E-state index in [2.05, 4.69) is 5.32 Å². The molecule has 2 rings (SSSR count). The number of benzene rings is 1. The van der Waals surface area contributed by atoms with Gasteiger partial charge in [0.25, 0.3) is 5.91 Å². The van der Waals surface area contributed by atoms with Gasteiger partial charge in [0.1, 0.15) is 11.5 Å². The first-order valence-corrected chi connectivity index (χ1v) is 6.99. The number of nitrogens with two attached hydrogens (primary N) is 1. The molecule has 1 aliphatic rings. The Morgan fingerprint density at radius 3 is 2.70 bits per heavy atom. The average Bonchev–Trinajstić information content (AvgIpc) is 2.48. The molecule has 0 bridgehead atoms. The highest BCUT2D eigenvalue weighted by atomic mass is 16.5. The third-order valence-corrected chi connectivity index (χ3v) is 3.55. The molecule has 3 N–H and O–H groups in total. The molecule has 1 saturated carbocycles. The standard InChI is InChI=1S/C15H22N2O3/c1-19-13-3-2-4-14(9-13)20-10-15(18)17-12-7-5-11(16)6-8-12/h2-4,9,11-12H,5-8,10,16H2,1H3,(H,17,18). The van der Waals surface area contributed by atoms with Crippen LogP contribution in [0.4, 0.5) is 0 Å². The highest BCUT2D eigenvalue weighted by Crippen LogP contribution is 2.19. The summed E-state index contributed by atoms with van der Waals surface area (Å²) in [7, 11) is 1.60. The predicted molar refractivity (Wildman–Crippen MR) is 76.9 cm³/mol. The molecule has 0 atom stereocenters. The summed E-state index contributed by atoms with van der Waals surface area (Å²) >= 11 is 0. The molecular formula is C15H22N2O3. The summed E-state index contributed by atoms with van der Waals surface area (Å²) < 4.78 is 10.6. The molecule has 1 aromatic carbocycles. The van der Waals surface area contributed by atoms with E-state index in [0.29, 0.717) is 11.5 Å². The highest BCUT2D eigenvalue weighted by Gasteiger charge is 2.20. The van der Waals surface area contributed by atoms with Crippen molar-refractivity contribution in [2.24, 2.45) is 5.73 Å². The molecule has 0 saturated heterocycles. The Kier molecular flexibility index (Phi) is 5.24. The maximum atomic E-state index is 11.8. The summed E-state index contributed by atoms with van der Waals surface area (Å²) in [5.74, 6) is 1.25. The molecule has 0 unspecified atom stereocenters. The van der Waals surface area contributed by atoms with Gasteiger partial charge in [0.15, 0.2) is 6.61 Å². The van der Waals surface area contributed by atoms with Crippen LogP contribution in [0.2, 0.25) is 0 Å². The number of rotatable bonds is 5. The molecule has 1 aliphatic carbocycles. The molecule has 0 heterocycles. The lowest BCUT2D eigenvalue weighted by atomic mass is 9.92. The van der Waals surface area contributed by atoms with Gasteiger partial charge in [-0.2, -0.15) is 0 Å². The van der Waals surface area contributed by atoms with Crippen LogP contribution < -0.4 is 20.5 Å². The van der Waals surface area contributed by atoms with Crippen molar-refractivity contribution in [2.45, 2.75) is 37.8 Å². The number of amides is 1. The smallest absolute Gasteiger partial charge is 0.258 e. The topological polar surface area (TPSA) is 73.6 Å². The van der Waals surface area contributed by atoms with E-state index in [1.807, 2.05) is 12.1 Å². The first-order valence-electron chi connectivity index (χ1n) is 6.99. The molecular weight excluding hydrogens is 256 g/mol. The zero-order valence-corrected chi connectivity index (χ0v) is 11.8. The van der Waals surface area contributed by atoms with E-state index in [-0.39, 0.29) is 24.6 Å². The van der Waals surface area contributed by atoms with Crippen molar-refractivity contribution in [1.82, 2.24) is 5.32 Å². The molecule has 1 fully saturated rings. The van der Waals surface area contributed by atoms with Crippen LogP contribution >= 0.6 is 0 Å². The monoisotopic (exact) mass is 278 g/mol. The summed E-state index contributed by atoms with van der Waals surface area (Å²) in [6.45, 7) is 0.0235. The summed E-state index contributed by atoms with van der Waals surface area (Å²) in [6, 6.07) is 7.74. The summed E-state index contributed by atoms with van der Waals surface area (Å²) in [4.78, 5) is 11.8. The van der Waals surface area contributed by atoms with Crippen molar-refractivity contribution in [1.29, 1.82) is 0 Å². The van der Waals surface area contributed by atoms with Crippen LogP contribution in [0, 0.1) is 0 Å². The van der Waals surface area contributed by atoms with E-state index in [9.17, 15) is 4.79 Å². The molecule has 0 aromatic heterocycles. The minimum Gasteiger partial charge on any atom is -0.497 e. The second-order valence-corrected chi connectivity index (χ2v) is 5.15. The molecule has 1 amide bonds. The second-order valence-electron chi connectivity index (χ2n) is 5.15. The SMILES string of the molecule is COc1cccc(OCC(=O)NC2CCC(N)CC2)c1. The zero-order chi connectivity index (χ0) is 14.4. The van der Waals surface area contributed by atoms with E-state index in [1.165, 1.54) is 0 Å². The summed E-state index contributed by atoms with van der Waals surface area (Å²) in [5.41, 5.74) is 5.84. The van der Waals surface area contributed by atoms with Crippen LogP contribution in [-0.2, 0) is 4.79 Å². The number of carbonyl (C=O) groups is 1. The number of nitrogens with one attached hydrogen (secondary N) is 1. The Morgan fingerprint density at radius 2 is 2.00 bits per heavy atom. The van der Waals surface area contributed by atoms with Crippen molar-refractivity contribution in [3.05, 3.63) is 24.3 Å². The fourth-order valence-electron chi connectivity index (χ4n) is 2.37. The van der Waals surface area contributed by atoms with Gasteiger partial charge >= 0.3 is 0 Å². The minimum atomic E-state index is -0.0895. The van der Waals surface area contributed by atoms with Gasteiger partial charge in [0.05, 0.1) is 7.11 Å². The van der Waals surface area contributed by atoms with Crippen LogP contribution in [-0.4, -0.2) is 31.7 Å². The predicted octanol–water partition coefficient (Wildman–Crippen LogP) is 1.46.